The lowest BCUT2D eigenvalue weighted by molar-refractivity contribution is -0.152. The van der Waals surface area contributed by atoms with E-state index in [1.165, 1.54) is 0 Å². The van der Waals surface area contributed by atoms with Crippen molar-refractivity contribution >= 4 is 17.7 Å². The predicted octanol–water partition coefficient (Wildman–Crippen LogP) is -0.487. The fourth-order valence-corrected chi connectivity index (χ4v) is 3.79. The van der Waals surface area contributed by atoms with Crippen LogP contribution in [0.2, 0.25) is 0 Å². The van der Waals surface area contributed by atoms with Gasteiger partial charge in [0, 0.05) is 12.6 Å². The van der Waals surface area contributed by atoms with E-state index in [4.69, 9.17) is 0 Å². The minimum absolute atomic E-state index is 0.0100. The molecule has 0 aromatic heterocycles. The smallest absolute Gasteiger partial charge is 0.245 e. The summed E-state index contributed by atoms with van der Waals surface area (Å²) < 4.78 is 0. The Morgan fingerprint density at radius 1 is 1.30 bits per heavy atom. The molecule has 4 atom stereocenters. The van der Waals surface area contributed by atoms with Crippen LogP contribution in [0.4, 0.5) is 0 Å². The van der Waals surface area contributed by atoms with Gasteiger partial charge >= 0.3 is 0 Å². The summed E-state index contributed by atoms with van der Waals surface area (Å²) in [6.45, 7) is 3.32. The molecule has 0 bridgehead atoms. The van der Waals surface area contributed by atoms with Crippen molar-refractivity contribution in [1.82, 2.24) is 20.9 Å². The number of nitrogens with one attached hydrogen (secondary N) is 3. The van der Waals surface area contributed by atoms with E-state index in [0.29, 0.717) is 25.8 Å². The van der Waals surface area contributed by atoms with Crippen molar-refractivity contribution in [2.24, 2.45) is 0 Å². The summed E-state index contributed by atoms with van der Waals surface area (Å²) >= 11 is 0. The second-order valence-corrected chi connectivity index (χ2v) is 6.75. The zero-order valence-electron chi connectivity index (χ0n) is 13.6. The van der Waals surface area contributed by atoms with Crippen molar-refractivity contribution in [1.29, 1.82) is 0 Å². The van der Waals surface area contributed by atoms with Crippen LogP contribution in [0.15, 0.2) is 0 Å². The molecule has 0 aromatic carbocycles. The van der Waals surface area contributed by atoms with E-state index in [1.807, 2.05) is 6.92 Å². The molecule has 3 heterocycles. The Balaban J connectivity index is 1.58. The molecule has 0 aliphatic carbocycles. The van der Waals surface area contributed by atoms with E-state index >= 15 is 0 Å². The zero-order chi connectivity index (χ0) is 16.4. The molecular weight excluding hydrogens is 296 g/mol. The number of hydrogen-bond donors (Lipinski definition) is 3. The normalized spacial score (nSPS) is 34.6. The molecule has 7 nitrogen and oxygen atoms in total. The first-order valence-electron chi connectivity index (χ1n) is 8.74. The van der Waals surface area contributed by atoms with E-state index < -0.39 is 12.1 Å². The molecule has 0 aromatic rings. The molecule has 3 aliphatic rings. The van der Waals surface area contributed by atoms with Gasteiger partial charge in [-0.3, -0.25) is 14.4 Å². The molecule has 0 radical (unpaired) electrons. The Bertz CT molecular complexity index is 490. The van der Waals surface area contributed by atoms with Crippen molar-refractivity contribution in [3.8, 4) is 0 Å². The molecule has 3 N–H and O–H groups in total. The van der Waals surface area contributed by atoms with Crippen molar-refractivity contribution in [2.75, 3.05) is 13.1 Å². The van der Waals surface area contributed by atoms with Gasteiger partial charge in [0.1, 0.15) is 12.1 Å². The fraction of sp³-hybridized carbons (Fsp3) is 0.812. The summed E-state index contributed by atoms with van der Waals surface area (Å²) in [5.74, 6) is -0.0563. The highest BCUT2D eigenvalue weighted by atomic mass is 16.2. The van der Waals surface area contributed by atoms with Crippen molar-refractivity contribution in [3.63, 3.8) is 0 Å². The molecule has 3 saturated heterocycles. The maximum Gasteiger partial charge on any atom is 0.245 e. The number of fused-ring (bicyclic) bond motifs is 1. The maximum absolute atomic E-state index is 12.3. The monoisotopic (exact) mass is 322 g/mol. The third-order valence-corrected chi connectivity index (χ3v) is 5.18. The largest absolute Gasteiger partial charge is 0.352 e. The summed E-state index contributed by atoms with van der Waals surface area (Å²) in [5, 5.41) is 9.10. The minimum Gasteiger partial charge on any atom is -0.352 e. The Morgan fingerprint density at radius 2 is 2.13 bits per heavy atom. The SMILES string of the molecule is CCC1NC(=O)C2CC(NC(=O)C3CCCCN3)CCN2C1=O. The Labute approximate surface area is 136 Å². The quantitative estimate of drug-likeness (QED) is 0.654. The van der Waals surface area contributed by atoms with Crippen LogP contribution in [-0.2, 0) is 14.4 Å². The molecule has 0 saturated carbocycles. The number of piperazine rings is 1. The summed E-state index contributed by atoms with van der Waals surface area (Å²) in [5.41, 5.74) is 0. The lowest BCUT2D eigenvalue weighted by atomic mass is 9.92. The number of amides is 3. The van der Waals surface area contributed by atoms with Gasteiger partial charge in [0.15, 0.2) is 0 Å². The highest BCUT2D eigenvalue weighted by molar-refractivity contribution is 5.97. The van der Waals surface area contributed by atoms with Crippen LogP contribution >= 0.6 is 0 Å². The van der Waals surface area contributed by atoms with Gasteiger partial charge in [0.2, 0.25) is 17.7 Å². The molecular formula is C16H26N4O3. The molecule has 3 rings (SSSR count). The summed E-state index contributed by atoms with van der Waals surface area (Å²) in [6.07, 6.45) is 4.88. The topological polar surface area (TPSA) is 90.5 Å². The van der Waals surface area contributed by atoms with Crippen molar-refractivity contribution in [3.05, 3.63) is 0 Å². The van der Waals surface area contributed by atoms with E-state index in [9.17, 15) is 14.4 Å². The summed E-state index contributed by atoms with van der Waals surface area (Å²) in [7, 11) is 0. The highest BCUT2D eigenvalue weighted by Crippen LogP contribution is 2.23. The van der Waals surface area contributed by atoms with Crippen LogP contribution in [0.3, 0.4) is 0 Å². The number of nitrogens with zero attached hydrogens (tertiary/aromatic N) is 1. The van der Waals surface area contributed by atoms with E-state index in [1.54, 1.807) is 4.90 Å². The van der Waals surface area contributed by atoms with Crippen LogP contribution in [0.1, 0.15) is 45.4 Å². The number of hydrogen-bond acceptors (Lipinski definition) is 4. The molecule has 23 heavy (non-hydrogen) atoms. The number of carbonyl (C=O) groups is 3. The first-order valence-corrected chi connectivity index (χ1v) is 8.74. The van der Waals surface area contributed by atoms with Gasteiger partial charge in [-0.05, 0) is 38.6 Å². The molecule has 0 spiro atoms. The van der Waals surface area contributed by atoms with Gasteiger partial charge in [-0.15, -0.1) is 0 Å². The average molecular weight is 322 g/mol. The predicted molar refractivity (Wildman–Crippen MR) is 84.5 cm³/mol. The van der Waals surface area contributed by atoms with Crippen molar-refractivity contribution < 1.29 is 14.4 Å². The number of rotatable bonds is 3. The highest BCUT2D eigenvalue weighted by Gasteiger charge is 2.43. The third kappa shape index (κ3) is 3.34. The van der Waals surface area contributed by atoms with Crippen LogP contribution in [0, 0.1) is 0 Å². The second kappa shape index (κ2) is 6.86. The molecule has 7 heteroatoms. The Morgan fingerprint density at radius 3 is 2.83 bits per heavy atom. The van der Waals surface area contributed by atoms with Crippen LogP contribution < -0.4 is 16.0 Å². The van der Waals surface area contributed by atoms with Gasteiger partial charge < -0.3 is 20.9 Å². The van der Waals surface area contributed by atoms with Gasteiger partial charge in [0.05, 0.1) is 6.04 Å². The van der Waals surface area contributed by atoms with Crippen LogP contribution in [-0.4, -0.2) is 59.9 Å². The lowest BCUT2D eigenvalue weighted by Gasteiger charge is -2.44. The zero-order valence-corrected chi connectivity index (χ0v) is 13.6. The maximum atomic E-state index is 12.3. The molecule has 3 aliphatic heterocycles. The molecule has 3 amide bonds. The van der Waals surface area contributed by atoms with Crippen LogP contribution in [0.5, 0.6) is 0 Å². The lowest BCUT2D eigenvalue weighted by Crippen LogP contribution is -2.67. The van der Waals surface area contributed by atoms with E-state index in [0.717, 1.165) is 25.8 Å². The van der Waals surface area contributed by atoms with E-state index in [-0.39, 0.29) is 29.8 Å². The van der Waals surface area contributed by atoms with Gasteiger partial charge in [-0.1, -0.05) is 13.3 Å². The fourth-order valence-electron chi connectivity index (χ4n) is 3.79. The van der Waals surface area contributed by atoms with Gasteiger partial charge in [-0.2, -0.15) is 0 Å². The standard InChI is InChI=1S/C16H26N4O3/c1-2-11-16(23)20-8-6-10(9-13(20)15(22)19-11)18-14(21)12-5-3-4-7-17-12/h10-13,17H,2-9H2,1H3,(H,18,21)(H,19,22). The van der Waals surface area contributed by atoms with Gasteiger partial charge in [0.25, 0.3) is 0 Å². The molecule has 3 fully saturated rings. The second-order valence-electron chi connectivity index (χ2n) is 6.75. The van der Waals surface area contributed by atoms with Crippen LogP contribution in [0.25, 0.3) is 0 Å². The third-order valence-electron chi connectivity index (χ3n) is 5.18. The average Bonchev–Trinajstić information content (AvgIpc) is 2.58. The number of piperidine rings is 2. The first kappa shape index (κ1) is 16.2. The summed E-state index contributed by atoms with van der Waals surface area (Å²) in [4.78, 5) is 38.6. The Kier molecular flexibility index (Phi) is 4.84. The Hall–Kier alpha value is -1.63. The van der Waals surface area contributed by atoms with Gasteiger partial charge in [-0.25, -0.2) is 0 Å². The van der Waals surface area contributed by atoms with Crippen molar-refractivity contribution in [2.45, 2.75) is 69.6 Å². The molecule has 128 valence electrons. The first-order chi connectivity index (χ1) is 11.1. The summed E-state index contributed by atoms with van der Waals surface area (Å²) in [6, 6.07) is -0.989. The minimum atomic E-state index is -0.441. The molecule has 4 unspecified atom stereocenters. The van der Waals surface area contributed by atoms with E-state index in [2.05, 4.69) is 16.0 Å². The number of carbonyl (C=O) groups excluding carboxylic acids is 3.